The van der Waals surface area contributed by atoms with Crippen LogP contribution < -0.4 is 16.4 Å². The fourth-order valence-corrected chi connectivity index (χ4v) is 2.39. The van der Waals surface area contributed by atoms with E-state index in [9.17, 15) is 0 Å². The quantitative estimate of drug-likeness (QED) is 0.746. The molecule has 0 saturated heterocycles. The number of nitrogen functional groups attached to an aromatic ring is 1. The summed E-state index contributed by atoms with van der Waals surface area (Å²) in [6.07, 6.45) is 4.94. The number of nitrogens with one attached hydrogen (secondary N) is 2. The van der Waals surface area contributed by atoms with Gasteiger partial charge in [-0.05, 0) is 26.7 Å². The molecule has 1 aromatic rings. The van der Waals surface area contributed by atoms with E-state index in [-0.39, 0.29) is 5.54 Å². The van der Waals surface area contributed by atoms with E-state index in [0.717, 1.165) is 18.2 Å². The molecule has 2 rings (SSSR count). The Hall–Kier alpha value is -1.52. The number of anilines is 3. The molecule has 94 valence electrons. The van der Waals surface area contributed by atoms with E-state index in [1.807, 2.05) is 13.0 Å². The second-order valence-corrected chi connectivity index (χ2v) is 4.92. The van der Waals surface area contributed by atoms with Crippen molar-refractivity contribution >= 4 is 17.6 Å². The molecule has 0 spiro atoms. The molecule has 1 aliphatic carbocycles. The molecule has 0 atom stereocenters. The lowest BCUT2D eigenvalue weighted by Crippen LogP contribution is -2.31. The Morgan fingerprint density at radius 3 is 2.59 bits per heavy atom. The van der Waals surface area contributed by atoms with Gasteiger partial charge in [-0.2, -0.15) is 9.97 Å². The Bertz CT molecular complexity index is 384. The van der Waals surface area contributed by atoms with Gasteiger partial charge in [0.2, 0.25) is 5.95 Å². The van der Waals surface area contributed by atoms with Crippen molar-refractivity contribution in [3.8, 4) is 0 Å². The average molecular weight is 235 g/mol. The van der Waals surface area contributed by atoms with Crippen molar-refractivity contribution in [1.29, 1.82) is 0 Å². The molecule has 17 heavy (non-hydrogen) atoms. The molecule has 5 heteroatoms. The highest BCUT2D eigenvalue weighted by Gasteiger charge is 2.28. The largest absolute Gasteiger partial charge is 0.370 e. The van der Waals surface area contributed by atoms with Gasteiger partial charge in [-0.3, -0.25) is 0 Å². The monoisotopic (exact) mass is 235 g/mol. The molecule has 1 heterocycles. The first-order valence-corrected chi connectivity index (χ1v) is 6.28. The Kier molecular flexibility index (Phi) is 3.36. The van der Waals surface area contributed by atoms with Gasteiger partial charge in [0.15, 0.2) is 0 Å². The first-order chi connectivity index (χ1) is 8.11. The fraction of sp³-hybridized carbons (Fsp3) is 0.667. The van der Waals surface area contributed by atoms with Crippen LogP contribution in [0.2, 0.25) is 0 Å². The van der Waals surface area contributed by atoms with Crippen LogP contribution in [-0.2, 0) is 0 Å². The van der Waals surface area contributed by atoms with Crippen LogP contribution in [0.4, 0.5) is 17.6 Å². The summed E-state index contributed by atoms with van der Waals surface area (Å²) in [5.41, 5.74) is 5.86. The third-order valence-electron chi connectivity index (χ3n) is 3.24. The lowest BCUT2D eigenvalue weighted by atomic mass is 10.0. The van der Waals surface area contributed by atoms with Crippen LogP contribution in [0.25, 0.3) is 0 Å². The molecule has 1 fully saturated rings. The number of nitrogens with zero attached hydrogens (tertiary/aromatic N) is 2. The molecule has 0 amide bonds. The maximum absolute atomic E-state index is 5.70. The molecule has 0 aliphatic heterocycles. The van der Waals surface area contributed by atoms with Crippen LogP contribution in [0.3, 0.4) is 0 Å². The SMILES string of the molecule is CCNc1cc(NC2(C)CCCC2)nc(N)n1. The zero-order chi connectivity index (χ0) is 12.3. The highest BCUT2D eigenvalue weighted by Crippen LogP contribution is 2.32. The molecular weight excluding hydrogens is 214 g/mol. The summed E-state index contributed by atoms with van der Waals surface area (Å²) in [4.78, 5) is 8.38. The molecule has 0 aromatic carbocycles. The number of hydrogen-bond acceptors (Lipinski definition) is 5. The number of hydrogen-bond donors (Lipinski definition) is 3. The van der Waals surface area contributed by atoms with E-state index in [1.54, 1.807) is 0 Å². The summed E-state index contributed by atoms with van der Waals surface area (Å²) < 4.78 is 0. The lowest BCUT2D eigenvalue weighted by molar-refractivity contribution is 0.531. The summed E-state index contributed by atoms with van der Waals surface area (Å²) in [5, 5.41) is 6.64. The third-order valence-corrected chi connectivity index (χ3v) is 3.24. The highest BCUT2D eigenvalue weighted by atomic mass is 15.1. The van der Waals surface area contributed by atoms with E-state index in [0.29, 0.717) is 5.95 Å². The minimum atomic E-state index is 0.157. The fourth-order valence-electron chi connectivity index (χ4n) is 2.39. The van der Waals surface area contributed by atoms with E-state index in [4.69, 9.17) is 5.73 Å². The summed E-state index contributed by atoms with van der Waals surface area (Å²) in [7, 11) is 0. The third kappa shape index (κ3) is 2.99. The van der Waals surface area contributed by atoms with Crippen LogP contribution in [0, 0.1) is 0 Å². The highest BCUT2D eigenvalue weighted by molar-refractivity contribution is 5.52. The lowest BCUT2D eigenvalue weighted by Gasteiger charge is -2.26. The standard InChI is InChI=1S/C12H21N5/c1-3-14-9-8-10(16-11(13)15-9)17-12(2)6-4-5-7-12/h8H,3-7H2,1-2H3,(H4,13,14,15,16,17). The second kappa shape index (κ2) is 4.77. The molecule has 0 unspecified atom stereocenters. The first-order valence-electron chi connectivity index (χ1n) is 6.28. The van der Waals surface area contributed by atoms with Crippen molar-refractivity contribution in [3.05, 3.63) is 6.07 Å². The molecule has 0 radical (unpaired) electrons. The van der Waals surface area contributed by atoms with Gasteiger partial charge in [0.1, 0.15) is 11.6 Å². The minimum Gasteiger partial charge on any atom is -0.370 e. The predicted octanol–water partition coefficient (Wildman–Crippen LogP) is 2.24. The van der Waals surface area contributed by atoms with E-state index in [2.05, 4.69) is 27.5 Å². The van der Waals surface area contributed by atoms with Crippen LogP contribution in [0.1, 0.15) is 39.5 Å². The zero-order valence-corrected chi connectivity index (χ0v) is 10.6. The van der Waals surface area contributed by atoms with Gasteiger partial charge in [-0.1, -0.05) is 12.8 Å². The average Bonchev–Trinajstić information content (AvgIpc) is 2.64. The Balaban J connectivity index is 2.14. The van der Waals surface area contributed by atoms with Crippen LogP contribution in [-0.4, -0.2) is 22.1 Å². The summed E-state index contributed by atoms with van der Waals surface area (Å²) >= 11 is 0. The van der Waals surface area contributed by atoms with Gasteiger partial charge in [-0.25, -0.2) is 0 Å². The van der Waals surface area contributed by atoms with Gasteiger partial charge >= 0.3 is 0 Å². The van der Waals surface area contributed by atoms with Gasteiger partial charge in [0.05, 0.1) is 0 Å². The molecular formula is C12H21N5. The molecule has 4 N–H and O–H groups in total. The van der Waals surface area contributed by atoms with Crippen molar-refractivity contribution in [2.75, 3.05) is 22.9 Å². The van der Waals surface area contributed by atoms with Gasteiger partial charge < -0.3 is 16.4 Å². The zero-order valence-electron chi connectivity index (χ0n) is 10.6. The van der Waals surface area contributed by atoms with Crippen LogP contribution in [0.5, 0.6) is 0 Å². The molecule has 1 aromatic heterocycles. The van der Waals surface area contributed by atoms with Crippen LogP contribution in [0.15, 0.2) is 6.07 Å². The Labute approximate surface area is 102 Å². The van der Waals surface area contributed by atoms with Crippen LogP contribution >= 0.6 is 0 Å². The smallest absolute Gasteiger partial charge is 0.223 e. The van der Waals surface area contributed by atoms with Gasteiger partial charge in [-0.15, -0.1) is 0 Å². The number of aromatic nitrogens is 2. The Morgan fingerprint density at radius 1 is 1.29 bits per heavy atom. The Morgan fingerprint density at radius 2 is 1.94 bits per heavy atom. The topological polar surface area (TPSA) is 75.9 Å². The summed E-state index contributed by atoms with van der Waals surface area (Å²) in [6, 6.07) is 1.92. The minimum absolute atomic E-state index is 0.157. The molecule has 5 nitrogen and oxygen atoms in total. The van der Waals surface area contributed by atoms with Gasteiger partial charge in [0.25, 0.3) is 0 Å². The first kappa shape index (κ1) is 12.0. The number of rotatable bonds is 4. The predicted molar refractivity (Wildman–Crippen MR) is 71.1 cm³/mol. The summed E-state index contributed by atoms with van der Waals surface area (Å²) in [5.74, 6) is 1.91. The van der Waals surface area contributed by atoms with Gasteiger partial charge in [0, 0.05) is 18.2 Å². The van der Waals surface area contributed by atoms with E-state index >= 15 is 0 Å². The second-order valence-electron chi connectivity index (χ2n) is 4.92. The normalized spacial score (nSPS) is 18.0. The van der Waals surface area contributed by atoms with Crippen molar-refractivity contribution < 1.29 is 0 Å². The maximum atomic E-state index is 5.70. The number of nitrogens with two attached hydrogens (primary N) is 1. The van der Waals surface area contributed by atoms with Crippen molar-refractivity contribution in [2.24, 2.45) is 0 Å². The molecule has 1 saturated carbocycles. The van der Waals surface area contributed by atoms with Crippen molar-refractivity contribution in [3.63, 3.8) is 0 Å². The van der Waals surface area contributed by atoms with Crippen molar-refractivity contribution in [1.82, 2.24) is 9.97 Å². The van der Waals surface area contributed by atoms with E-state index < -0.39 is 0 Å². The molecule has 1 aliphatic rings. The van der Waals surface area contributed by atoms with E-state index in [1.165, 1.54) is 25.7 Å². The van der Waals surface area contributed by atoms with Crippen molar-refractivity contribution in [2.45, 2.75) is 45.1 Å². The molecule has 0 bridgehead atoms. The maximum Gasteiger partial charge on any atom is 0.223 e. The summed E-state index contributed by atoms with van der Waals surface area (Å²) in [6.45, 7) is 5.10.